The average molecular weight is 170 g/mol. The van der Waals surface area contributed by atoms with Crippen LogP contribution in [0.3, 0.4) is 0 Å². The Morgan fingerprint density at radius 1 is 1.67 bits per heavy atom. The predicted octanol–water partition coefficient (Wildman–Crippen LogP) is 0.589. The van der Waals surface area contributed by atoms with E-state index in [0.717, 1.165) is 0 Å². The highest BCUT2D eigenvalue weighted by Crippen LogP contribution is 2.07. The molecule has 1 rings (SSSR count). The minimum atomic E-state index is -0.863. The number of nitrogen functional groups attached to an aromatic ring is 1. The molecule has 0 aromatic carbocycles. The van der Waals surface area contributed by atoms with Crippen LogP contribution < -0.4 is 5.73 Å². The van der Waals surface area contributed by atoms with E-state index in [9.17, 15) is 9.18 Å². The van der Waals surface area contributed by atoms with Gasteiger partial charge in [-0.2, -0.15) is 4.39 Å². The van der Waals surface area contributed by atoms with Crippen LogP contribution in [-0.4, -0.2) is 18.1 Å². The summed E-state index contributed by atoms with van der Waals surface area (Å²) in [6, 6.07) is 2.55. The van der Waals surface area contributed by atoms with Crippen LogP contribution in [0.4, 0.5) is 10.1 Å². The van der Waals surface area contributed by atoms with Gasteiger partial charge in [0.1, 0.15) is 0 Å². The summed E-state index contributed by atoms with van der Waals surface area (Å²) in [4.78, 5) is 14.1. The van der Waals surface area contributed by atoms with Gasteiger partial charge < -0.3 is 10.5 Å². The van der Waals surface area contributed by atoms with Crippen molar-refractivity contribution in [1.82, 2.24) is 4.98 Å². The highest BCUT2D eigenvalue weighted by molar-refractivity contribution is 5.87. The van der Waals surface area contributed by atoms with Crippen LogP contribution in [0.2, 0.25) is 0 Å². The Bertz CT molecular complexity index is 314. The molecule has 64 valence electrons. The fourth-order valence-electron chi connectivity index (χ4n) is 0.663. The Hall–Kier alpha value is -1.65. The lowest BCUT2D eigenvalue weighted by molar-refractivity contribution is 0.0592. The second kappa shape index (κ2) is 3.17. The number of carbonyl (C=O) groups is 1. The molecule has 0 aliphatic carbocycles. The lowest BCUT2D eigenvalue weighted by atomic mass is 10.3. The van der Waals surface area contributed by atoms with E-state index in [1.165, 1.54) is 19.2 Å². The highest BCUT2D eigenvalue weighted by atomic mass is 19.1. The van der Waals surface area contributed by atoms with E-state index in [0.29, 0.717) is 0 Å². The van der Waals surface area contributed by atoms with Gasteiger partial charge in [0.15, 0.2) is 5.69 Å². The molecule has 0 radical (unpaired) electrons. The maximum atomic E-state index is 12.6. The molecule has 0 saturated carbocycles. The Balaban J connectivity index is 3.05. The van der Waals surface area contributed by atoms with E-state index in [-0.39, 0.29) is 11.4 Å². The quantitative estimate of drug-likeness (QED) is 0.494. The monoisotopic (exact) mass is 170 g/mol. The number of nitrogens with two attached hydrogens (primary N) is 1. The number of aromatic nitrogens is 1. The minimum absolute atomic E-state index is 0.0933. The van der Waals surface area contributed by atoms with Gasteiger partial charge in [0.2, 0.25) is 5.95 Å². The molecule has 0 amide bonds. The van der Waals surface area contributed by atoms with Crippen LogP contribution >= 0.6 is 0 Å². The van der Waals surface area contributed by atoms with Crippen molar-refractivity contribution >= 4 is 11.7 Å². The molecule has 0 fully saturated rings. The normalized spacial score (nSPS) is 9.50. The number of nitrogens with zero attached hydrogens (tertiary/aromatic N) is 1. The molecular weight excluding hydrogens is 163 g/mol. The van der Waals surface area contributed by atoms with Crippen LogP contribution in [0.1, 0.15) is 10.5 Å². The number of anilines is 1. The average Bonchev–Trinajstić information content (AvgIpc) is 2.08. The van der Waals surface area contributed by atoms with Crippen LogP contribution in [0, 0.1) is 5.95 Å². The third-order valence-corrected chi connectivity index (χ3v) is 1.27. The number of carbonyl (C=O) groups excluding carboxylic acids is 1. The van der Waals surface area contributed by atoms with Gasteiger partial charge in [-0.3, -0.25) is 0 Å². The number of halogens is 1. The van der Waals surface area contributed by atoms with Gasteiger partial charge in [0.25, 0.3) is 0 Å². The molecule has 0 bridgehead atoms. The maximum absolute atomic E-state index is 12.6. The Morgan fingerprint density at radius 3 is 2.83 bits per heavy atom. The highest BCUT2D eigenvalue weighted by Gasteiger charge is 2.09. The van der Waals surface area contributed by atoms with Crippen molar-refractivity contribution in [2.75, 3.05) is 12.8 Å². The fourth-order valence-corrected chi connectivity index (χ4v) is 0.663. The van der Waals surface area contributed by atoms with Gasteiger partial charge in [-0.15, -0.1) is 0 Å². The van der Waals surface area contributed by atoms with Gasteiger partial charge in [-0.05, 0) is 12.1 Å². The van der Waals surface area contributed by atoms with Crippen LogP contribution in [0.15, 0.2) is 12.1 Å². The summed E-state index contributed by atoms with van der Waals surface area (Å²) in [6.07, 6.45) is 0. The van der Waals surface area contributed by atoms with Crippen molar-refractivity contribution in [1.29, 1.82) is 0 Å². The van der Waals surface area contributed by atoms with E-state index in [1.807, 2.05) is 0 Å². The predicted molar refractivity (Wildman–Crippen MR) is 39.9 cm³/mol. The topological polar surface area (TPSA) is 65.2 Å². The summed E-state index contributed by atoms with van der Waals surface area (Å²) in [5, 5.41) is 0. The summed E-state index contributed by atoms with van der Waals surface area (Å²) in [5.41, 5.74) is 4.95. The molecule has 0 spiro atoms. The largest absolute Gasteiger partial charge is 0.464 e. The smallest absolute Gasteiger partial charge is 0.356 e. The SMILES string of the molecule is COC(=O)c1ccc(N)c(F)n1. The summed E-state index contributed by atoms with van der Waals surface area (Å²) in [6.45, 7) is 0. The lowest BCUT2D eigenvalue weighted by Gasteiger charge is -1.98. The van der Waals surface area contributed by atoms with E-state index >= 15 is 0 Å². The second-order valence-corrected chi connectivity index (χ2v) is 2.07. The zero-order valence-electron chi connectivity index (χ0n) is 6.37. The van der Waals surface area contributed by atoms with Gasteiger partial charge >= 0.3 is 5.97 Å². The zero-order valence-corrected chi connectivity index (χ0v) is 6.37. The first-order valence-electron chi connectivity index (χ1n) is 3.15. The molecule has 5 heteroatoms. The molecular formula is C7H7FN2O2. The van der Waals surface area contributed by atoms with Crippen molar-refractivity contribution in [2.45, 2.75) is 0 Å². The van der Waals surface area contributed by atoms with Crippen molar-refractivity contribution in [3.8, 4) is 0 Å². The second-order valence-electron chi connectivity index (χ2n) is 2.07. The van der Waals surface area contributed by atoms with Gasteiger partial charge in [-0.1, -0.05) is 0 Å². The maximum Gasteiger partial charge on any atom is 0.356 e. The number of hydrogen-bond donors (Lipinski definition) is 1. The van der Waals surface area contributed by atoms with Crippen molar-refractivity contribution < 1.29 is 13.9 Å². The van der Waals surface area contributed by atoms with Gasteiger partial charge in [-0.25, -0.2) is 9.78 Å². The fraction of sp³-hybridized carbons (Fsp3) is 0.143. The molecule has 0 aliphatic heterocycles. The van der Waals surface area contributed by atoms with E-state index < -0.39 is 11.9 Å². The lowest BCUT2D eigenvalue weighted by Crippen LogP contribution is -2.06. The molecule has 0 unspecified atom stereocenters. The van der Waals surface area contributed by atoms with Gasteiger partial charge in [0.05, 0.1) is 12.8 Å². The summed E-state index contributed by atoms with van der Waals surface area (Å²) in [5.74, 6) is -1.55. The van der Waals surface area contributed by atoms with Crippen LogP contribution in [0.25, 0.3) is 0 Å². The Kier molecular flexibility index (Phi) is 2.23. The van der Waals surface area contributed by atoms with Gasteiger partial charge in [0, 0.05) is 0 Å². The minimum Gasteiger partial charge on any atom is -0.464 e. The zero-order chi connectivity index (χ0) is 9.14. The number of methoxy groups -OCH3 is 1. The van der Waals surface area contributed by atoms with Crippen molar-refractivity contribution in [3.63, 3.8) is 0 Å². The molecule has 0 aliphatic rings. The first-order valence-corrected chi connectivity index (χ1v) is 3.15. The Morgan fingerprint density at radius 2 is 2.33 bits per heavy atom. The standard InChI is InChI=1S/C7H7FN2O2/c1-12-7(11)5-3-2-4(9)6(8)10-5/h2-3H,9H2,1H3. The molecule has 0 saturated heterocycles. The summed E-state index contributed by atoms with van der Waals surface area (Å²) < 4.78 is 17.0. The van der Waals surface area contributed by atoms with E-state index in [1.54, 1.807) is 0 Å². The van der Waals surface area contributed by atoms with Crippen LogP contribution in [0.5, 0.6) is 0 Å². The van der Waals surface area contributed by atoms with E-state index in [2.05, 4.69) is 9.72 Å². The van der Waals surface area contributed by atoms with Crippen molar-refractivity contribution in [3.05, 3.63) is 23.8 Å². The number of rotatable bonds is 1. The van der Waals surface area contributed by atoms with E-state index in [4.69, 9.17) is 5.73 Å². The Labute approximate surface area is 68.2 Å². The number of pyridine rings is 1. The van der Waals surface area contributed by atoms with Crippen LogP contribution in [-0.2, 0) is 4.74 Å². The third kappa shape index (κ3) is 1.50. The first kappa shape index (κ1) is 8.45. The molecule has 1 heterocycles. The number of esters is 1. The molecule has 1 aromatic rings. The molecule has 4 nitrogen and oxygen atoms in total. The van der Waals surface area contributed by atoms with Crippen molar-refractivity contribution in [2.24, 2.45) is 0 Å². The summed E-state index contributed by atoms with van der Waals surface area (Å²) >= 11 is 0. The molecule has 12 heavy (non-hydrogen) atoms. The molecule has 2 N–H and O–H groups in total. The third-order valence-electron chi connectivity index (χ3n) is 1.27. The first-order chi connectivity index (χ1) is 5.65. The number of hydrogen-bond acceptors (Lipinski definition) is 4. The summed E-state index contributed by atoms with van der Waals surface area (Å²) in [7, 11) is 1.19. The number of ether oxygens (including phenoxy) is 1. The molecule has 0 atom stereocenters. The molecule has 1 aromatic heterocycles.